The van der Waals surface area contributed by atoms with Crippen LogP contribution in [0.15, 0.2) is 58.3 Å². The molecule has 0 aliphatic carbocycles. The minimum absolute atomic E-state index is 0.369. The van der Waals surface area contributed by atoms with Gasteiger partial charge in [0.25, 0.3) is 11.8 Å². The highest BCUT2D eigenvalue weighted by Crippen LogP contribution is 2.06. The summed E-state index contributed by atoms with van der Waals surface area (Å²) >= 11 is 0. The van der Waals surface area contributed by atoms with E-state index in [0.717, 1.165) is 0 Å². The second kappa shape index (κ2) is 7.55. The van der Waals surface area contributed by atoms with Crippen LogP contribution in [0.25, 0.3) is 6.08 Å². The fourth-order valence-corrected chi connectivity index (χ4v) is 1.54. The van der Waals surface area contributed by atoms with Crippen molar-refractivity contribution in [2.24, 2.45) is 5.10 Å². The highest BCUT2D eigenvalue weighted by Gasteiger charge is 2.03. The third kappa shape index (κ3) is 4.43. The summed E-state index contributed by atoms with van der Waals surface area (Å²) in [5, 5.41) is 12.1. The summed E-state index contributed by atoms with van der Waals surface area (Å²) in [6.45, 7) is 0. The number of hydroxylamine groups is 1. The van der Waals surface area contributed by atoms with Gasteiger partial charge < -0.3 is 4.42 Å². The summed E-state index contributed by atoms with van der Waals surface area (Å²) in [6, 6.07) is 9.92. The van der Waals surface area contributed by atoms with E-state index in [1.807, 2.05) is 0 Å². The zero-order valence-electron chi connectivity index (χ0n) is 11.4. The largest absolute Gasteiger partial charge is 0.463 e. The van der Waals surface area contributed by atoms with E-state index in [-0.39, 0.29) is 5.91 Å². The SMILES string of the molecule is O=C(C=Cc1ccc(C(=O)NN=Cc2ccco2)cc1)NO. The molecule has 0 spiro atoms. The number of carbonyl (C=O) groups is 2. The monoisotopic (exact) mass is 299 g/mol. The van der Waals surface area contributed by atoms with Gasteiger partial charge in [0, 0.05) is 11.6 Å². The molecule has 0 saturated carbocycles. The van der Waals surface area contributed by atoms with Crippen LogP contribution in [0.3, 0.4) is 0 Å². The number of hydrazone groups is 1. The van der Waals surface area contributed by atoms with Crippen LogP contribution in [0, 0.1) is 0 Å². The minimum atomic E-state index is -0.630. The lowest BCUT2D eigenvalue weighted by Gasteiger charge is -2.00. The molecule has 2 amide bonds. The van der Waals surface area contributed by atoms with Gasteiger partial charge in [-0.15, -0.1) is 0 Å². The van der Waals surface area contributed by atoms with Gasteiger partial charge in [-0.1, -0.05) is 12.1 Å². The first-order chi connectivity index (χ1) is 10.7. The van der Waals surface area contributed by atoms with Crippen LogP contribution >= 0.6 is 0 Å². The molecule has 0 bridgehead atoms. The fraction of sp³-hybridized carbons (Fsp3) is 0. The smallest absolute Gasteiger partial charge is 0.271 e. The average molecular weight is 299 g/mol. The van der Waals surface area contributed by atoms with E-state index in [4.69, 9.17) is 9.62 Å². The maximum atomic E-state index is 11.8. The highest BCUT2D eigenvalue weighted by atomic mass is 16.5. The molecule has 2 rings (SSSR count). The Morgan fingerprint density at radius 2 is 1.95 bits per heavy atom. The van der Waals surface area contributed by atoms with E-state index in [0.29, 0.717) is 16.9 Å². The Morgan fingerprint density at radius 1 is 1.18 bits per heavy atom. The van der Waals surface area contributed by atoms with Crippen molar-refractivity contribution >= 4 is 24.1 Å². The Hall–Kier alpha value is -3.19. The van der Waals surface area contributed by atoms with Crippen LogP contribution in [0.4, 0.5) is 0 Å². The van der Waals surface area contributed by atoms with Crippen molar-refractivity contribution in [3.63, 3.8) is 0 Å². The van der Waals surface area contributed by atoms with Crippen molar-refractivity contribution in [1.82, 2.24) is 10.9 Å². The number of benzene rings is 1. The summed E-state index contributed by atoms with van der Waals surface area (Å²) in [7, 11) is 0. The maximum Gasteiger partial charge on any atom is 0.271 e. The minimum Gasteiger partial charge on any atom is -0.463 e. The van der Waals surface area contributed by atoms with E-state index in [2.05, 4.69) is 10.5 Å². The molecule has 0 aliphatic rings. The standard InChI is InChI=1S/C15H13N3O4/c19-14(18-21)8-5-11-3-6-12(7-4-11)15(20)17-16-10-13-2-1-9-22-13/h1-10,21H,(H,17,20)(H,18,19). The summed E-state index contributed by atoms with van der Waals surface area (Å²) in [6.07, 6.45) is 5.57. The lowest BCUT2D eigenvalue weighted by molar-refractivity contribution is -0.124. The Morgan fingerprint density at radius 3 is 2.59 bits per heavy atom. The summed E-state index contributed by atoms with van der Waals surface area (Å²) in [5.74, 6) is -0.469. The molecule has 0 saturated heterocycles. The molecule has 1 heterocycles. The molecule has 0 radical (unpaired) electrons. The molecule has 112 valence electrons. The van der Waals surface area contributed by atoms with Gasteiger partial charge in [0.2, 0.25) is 0 Å². The number of carbonyl (C=O) groups excluding carboxylic acids is 2. The molecule has 1 aromatic carbocycles. The third-order valence-corrected chi connectivity index (χ3v) is 2.61. The third-order valence-electron chi connectivity index (χ3n) is 2.61. The number of rotatable bonds is 5. The lowest BCUT2D eigenvalue weighted by Crippen LogP contribution is -2.17. The summed E-state index contributed by atoms with van der Waals surface area (Å²) in [5.41, 5.74) is 4.98. The molecule has 2 aromatic rings. The Balaban J connectivity index is 1.93. The Kier molecular flexibility index (Phi) is 5.22. The molecule has 0 atom stereocenters. The molecular formula is C15H13N3O4. The molecule has 22 heavy (non-hydrogen) atoms. The molecular weight excluding hydrogens is 286 g/mol. The number of hydrogen-bond donors (Lipinski definition) is 3. The van der Waals surface area contributed by atoms with E-state index in [9.17, 15) is 9.59 Å². The predicted octanol–water partition coefficient (Wildman–Crippen LogP) is 1.56. The van der Waals surface area contributed by atoms with Crippen molar-refractivity contribution in [1.29, 1.82) is 0 Å². The highest BCUT2D eigenvalue weighted by molar-refractivity contribution is 5.95. The molecule has 0 unspecified atom stereocenters. The average Bonchev–Trinajstić information content (AvgIpc) is 3.06. The predicted molar refractivity (Wildman–Crippen MR) is 79.2 cm³/mol. The molecule has 7 heteroatoms. The Bertz CT molecular complexity index is 688. The van der Waals surface area contributed by atoms with Crippen LogP contribution in [0.5, 0.6) is 0 Å². The van der Waals surface area contributed by atoms with Gasteiger partial charge in [-0.05, 0) is 35.9 Å². The van der Waals surface area contributed by atoms with Crippen LogP contribution in [-0.4, -0.2) is 23.2 Å². The number of nitrogens with one attached hydrogen (secondary N) is 2. The maximum absolute atomic E-state index is 11.8. The van der Waals surface area contributed by atoms with Gasteiger partial charge in [-0.25, -0.2) is 10.9 Å². The van der Waals surface area contributed by atoms with Crippen LogP contribution in [0.1, 0.15) is 21.7 Å². The summed E-state index contributed by atoms with van der Waals surface area (Å²) in [4.78, 5) is 22.7. The normalized spacial score (nSPS) is 11.0. The number of amides is 2. The molecule has 0 aliphatic heterocycles. The topological polar surface area (TPSA) is 104 Å². The number of furan rings is 1. The van der Waals surface area contributed by atoms with Gasteiger partial charge in [0.05, 0.1) is 12.5 Å². The zero-order chi connectivity index (χ0) is 15.8. The van der Waals surface area contributed by atoms with Crippen molar-refractivity contribution < 1.29 is 19.2 Å². The molecule has 0 fully saturated rings. The zero-order valence-corrected chi connectivity index (χ0v) is 11.4. The van der Waals surface area contributed by atoms with Crippen LogP contribution in [-0.2, 0) is 4.79 Å². The van der Waals surface area contributed by atoms with E-state index in [1.165, 1.54) is 30.1 Å². The second-order valence-electron chi connectivity index (χ2n) is 4.15. The van der Waals surface area contributed by atoms with E-state index in [1.54, 1.807) is 36.4 Å². The number of nitrogens with zero attached hydrogens (tertiary/aromatic N) is 1. The lowest BCUT2D eigenvalue weighted by atomic mass is 10.1. The Labute approximate surface area is 125 Å². The van der Waals surface area contributed by atoms with Crippen LogP contribution < -0.4 is 10.9 Å². The van der Waals surface area contributed by atoms with Crippen molar-refractivity contribution in [2.45, 2.75) is 0 Å². The van der Waals surface area contributed by atoms with Crippen molar-refractivity contribution in [3.8, 4) is 0 Å². The first kappa shape index (κ1) is 15.2. The second-order valence-corrected chi connectivity index (χ2v) is 4.15. The van der Waals surface area contributed by atoms with E-state index < -0.39 is 5.91 Å². The van der Waals surface area contributed by atoms with Crippen molar-refractivity contribution in [3.05, 3.63) is 65.6 Å². The quantitative estimate of drug-likeness (QED) is 0.337. The first-order valence-electron chi connectivity index (χ1n) is 6.28. The molecule has 7 nitrogen and oxygen atoms in total. The van der Waals surface area contributed by atoms with Gasteiger partial charge in [-0.3, -0.25) is 14.8 Å². The van der Waals surface area contributed by atoms with Crippen LogP contribution in [0.2, 0.25) is 0 Å². The van der Waals surface area contributed by atoms with Gasteiger partial charge in [0.1, 0.15) is 5.76 Å². The van der Waals surface area contributed by atoms with Crippen molar-refractivity contribution in [2.75, 3.05) is 0 Å². The van der Waals surface area contributed by atoms with Gasteiger partial charge >= 0.3 is 0 Å². The first-order valence-corrected chi connectivity index (χ1v) is 6.28. The van der Waals surface area contributed by atoms with Gasteiger partial charge in [-0.2, -0.15) is 5.10 Å². The van der Waals surface area contributed by atoms with E-state index >= 15 is 0 Å². The number of hydrogen-bond acceptors (Lipinski definition) is 5. The van der Waals surface area contributed by atoms with Gasteiger partial charge in [0.15, 0.2) is 0 Å². The summed E-state index contributed by atoms with van der Waals surface area (Å²) < 4.78 is 5.03. The molecule has 1 aromatic heterocycles. The fourth-order valence-electron chi connectivity index (χ4n) is 1.54. The molecule has 3 N–H and O–H groups in total.